The van der Waals surface area contributed by atoms with Crippen molar-refractivity contribution in [1.82, 2.24) is 0 Å². The van der Waals surface area contributed by atoms with E-state index >= 15 is 0 Å². The third kappa shape index (κ3) is 4.12. The molecule has 0 saturated heterocycles. The average molecular weight is 373 g/mol. The Kier molecular flexibility index (Phi) is 6.79. The quantitative estimate of drug-likeness (QED) is 0.564. The van der Waals surface area contributed by atoms with Gasteiger partial charge in [-0.2, -0.15) is 0 Å². The van der Waals surface area contributed by atoms with E-state index in [0.29, 0.717) is 12.8 Å². The summed E-state index contributed by atoms with van der Waals surface area (Å²) in [6.45, 7) is 1.81. The SMILES string of the molecule is CCOC(=O)C1(OC(=O)C(Cl)c2ccccc2F)CCCCC1OC. The zero-order chi connectivity index (χ0) is 18.4. The molecule has 1 saturated carbocycles. The van der Waals surface area contributed by atoms with Gasteiger partial charge in [-0.25, -0.2) is 9.18 Å². The Morgan fingerprint density at radius 1 is 1.36 bits per heavy atom. The van der Waals surface area contributed by atoms with Crippen molar-refractivity contribution >= 4 is 23.5 Å². The maximum absolute atomic E-state index is 13.9. The van der Waals surface area contributed by atoms with E-state index in [1.165, 1.54) is 25.3 Å². The lowest BCUT2D eigenvalue weighted by Crippen LogP contribution is -2.56. The normalized spacial score (nSPS) is 24.4. The molecule has 1 aliphatic rings. The van der Waals surface area contributed by atoms with Crippen LogP contribution in [0.25, 0.3) is 0 Å². The molecule has 138 valence electrons. The molecule has 5 nitrogen and oxygen atoms in total. The van der Waals surface area contributed by atoms with Gasteiger partial charge in [-0.05, 0) is 25.8 Å². The van der Waals surface area contributed by atoms with Crippen LogP contribution < -0.4 is 0 Å². The molecule has 0 heterocycles. The van der Waals surface area contributed by atoms with E-state index in [9.17, 15) is 14.0 Å². The Morgan fingerprint density at radius 2 is 2.08 bits per heavy atom. The smallest absolute Gasteiger partial charge is 0.353 e. The van der Waals surface area contributed by atoms with Gasteiger partial charge < -0.3 is 14.2 Å². The maximum Gasteiger partial charge on any atom is 0.353 e. The van der Waals surface area contributed by atoms with Crippen LogP contribution in [0.3, 0.4) is 0 Å². The number of hydrogen-bond acceptors (Lipinski definition) is 5. The summed E-state index contributed by atoms with van der Waals surface area (Å²) in [7, 11) is 1.45. The summed E-state index contributed by atoms with van der Waals surface area (Å²) in [5.41, 5.74) is -1.56. The molecule has 1 aliphatic carbocycles. The van der Waals surface area contributed by atoms with Crippen LogP contribution in [0.4, 0.5) is 4.39 Å². The number of halogens is 2. The zero-order valence-electron chi connectivity index (χ0n) is 14.3. The molecule has 1 aromatic rings. The standard InChI is InChI=1S/C18H22ClFO5/c1-3-24-17(22)18(11-7-6-10-14(18)23-2)25-16(21)15(19)12-8-4-5-9-13(12)20/h4-5,8-9,14-15H,3,6-7,10-11H2,1-2H3. The molecule has 7 heteroatoms. The number of esters is 2. The summed E-state index contributed by atoms with van der Waals surface area (Å²) in [5, 5.41) is -1.37. The van der Waals surface area contributed by atoms with Crippen LogP contribution in [-0.4, -0.2) is 37.4 Å². The monoisotopic (exact) mass is 372 g/mol. The Bertz CT molecular complexity index is 623. The number of rotatable bonds is 6. The van der Waals surface area contributed by atoms with Gasteiger partial charge in [0.05, 0.1) is 6.61 Å². The van der Waals surface area contributed by atoms with Gasteiger partial charge in [0, 0.05) is 19.1 Å². The lowest BCUT2D eigenvalue weighted by atomic mass is 9.81. The van der Waals surface area contributed by atoms with Crippen LogP contribution in [0.5, 0.6) is 0 Å². The molecule has 2 rings (SSSR count). The predicted molar refractivity (Wildman–Crippen MR) is 89.7 cm³/mol. The van der Waals surface area contributed by atoms with Gasteiger partial charge in [-0.3, -0.25) is 4.79 Å². The van der Waals surface area contributed by atoms with Crippen molar-refractivity contribution < 1.29 is 28.2 Å². The number of alkyl halides is 1. The van der Waals surface area contributed by atoms with E-state index in [4.69, 9.17) is 25.8 Å². The third-order valence-corrected chi connectivity index (χ3v) is 4.77. The van der Waals surface area contributed by atoms with Gasteiger partial charge in [0.15, 0.2) is 5.38 Å². The topological polar surface area (TPSA) is 61.8 Å². The van der Waals surface area contributed by atoms with Gasteiger partial charge >= 0.3 is 11.9 Å². The first-order valence-corrected chi connectivity index (χ1v) is 8.71. The van der Waals surface area contributed by atoms with E-state index in [1.807, 2.05) is 0 Å². The summed E-state index contributed by atoms with van der Waals surface area (Å²) >= 11 is 6.11. The molecule has 3 unspecified atom stereocenters. The highest BCUT2D eigenvalue weighted by Crippen LogP contribution is 2.37. The first kappa shape index (κ1) is 19.7. The molecule has 1 aromatic carbocycles. The number of benzene rings is 1. The average Bonchev–Trinajstić information content (AvgIpc) is 2.62. The maximum atomic E-state index is 13.9. The fraction of sp³-hybridized carbons (Fsp3) is 0.556. The Hall–Kier alpha value is -1.66. The van der Waals surface area contributed by atoms with Crippen LogP contribution in [0.1, 0.15) is 43.5 Å². The van der Waals surface area contributed by atoms with Crippen molar-refractivity contribution in [2.24, 2.45) is 0 Å². The second kappa shape index (κ2) is 8.63. The lowest BCUT2D eigenvalue weighted by Gasteiger charge is -2.40. The third-order valence-electron chi connectivity index (χ3n) is 4.36. The molecule has 25 heavy (non-hydrogen) atoms. The highest BCUT2D eigenvalue weighted by molar-refractivity contribution is 6.30. The van der Waals surface area contributed by atoms with Crippen molar-refractivity contribution in [2.75, 3.05) is 13.7 Å². The van der Waals surface area contributed by atoms with Gasteiger partial charge in [0.2, 0.25) is 5.60 Å². The van der Waals surface area contributed by atoms with E-state index < -0.39 is 34.8 Å². The minimum atomic E-state index is -1.56. The van der Waals surface area contributed by atoms with Crippen molar-refractivity contribution in [3.8, 4) is 0 Å². The van der Waals surface area contributed by atoms with E-state index in [1.54, 1.807) is 13.0 Å². The van der Waals surface area contributed by atoms with Crippen LogP contribution in [0, 0.1) is 5.82 Å². The Balaban J connectivity index is 2.28. The lowest BCUT2D eigenvalue weighted by molar-refractivity contribution is -0.205. The fourth-order valence-electron chi connectivity index (χ4n) is 3.10. The number of carbonyl (C=O) groups is 2. The predicted octanol–water partition coefficient (Wildman–Crippen LogP) is 3.54. The van der Waals surface area contributed by atoms with Gasteiger partial charge in [-0.1, -0.05) is 24.6 Å². The van der Waals surface area contributed by atoms with Crippen LogP contribution in [0.15, 0.2) is 24.3 Å². The summed E-state index contributed by atoms with van der Waals surface area (Å²) < 4.78 is 29.9. The summed E-state index contributed by atoms with van der Waals surface area (Å²) in [4.78, 5) is 25.1. The number of methoxy groups -OCH3 is 1. The molecule has 0 spiro atoms. The molecule has 3 atom stereocenters. The van der Waals surface area contributed by atoms with Crippen LogP contribution in [-0.2, 0) is 23.8 Å². The highest BCUT2D eigenvalue weighted by Gasteiger charge is 2.53. The molecule has 0 bridgehead atoms. The second-order valence-corrected chi connectivity index (χ2v) is 6.32. The highest BCUT2D eigenvalue weighted by atomic mass is 35.5. The first-order chi connectivity index (χ1) is 12.0. The molecular weight excluding hydrogens is 351 g/mol. The minimum absolute atomic E-state index is 0.00190. The fourth-order valence-corrected chi connectivity index (χ4v) is 3.33. The van der Waals surface area contributed by atoms with E-state index in [0.717, 1.165) is 6.42 Å². The summed E-state index contributed by atoms with van der Waals surface area (Å²) in [5.74, 6) is -2.17. The first-order valence-electron chi connectivity index (χ1n) is 8.27. The van der Waals surface area contributed by atoms with Crippen molar-refractivity contribution in [2.45, 2.75) is 49.7 Å². The molecular formula is C18H22ClFO5. The minimum Gasteiger partial charge on any atom is -0.463 e. The Morgan fingerprint density at radius 3 is 2.72 bits per heavy atom. The van der Waals surface area contributed by atoms with E-state index in [2.05, 4.69) is 0 Å². The Labute approximate surface area is 151 Å². The summed E-state index contributed by atoms with van der Waals surface area (Å²) in [6.07, 6.45) is 1.72. The molecule has 0 radical (unpaired) electrons. The molecule has 0 amide bonds. The van der Waals surface area contributed by atoms with Gasteiger partial charge in [0.25, 0.3) is 0 Å². The number of carbonyl (C=O) groups excluding carboxylic acids is 2. The van der Waals surface area contributed by atoms with E-state index in [-0.39, 0.29) is 18.6 Å². The van der Waals surface area contributed by atoms with Crippen LogP contribution in [0.2, 0.25) is 0 Å². The van der Waals surface area contributed by atoms with Crippen LogP contribution >= 0.6 is 11.6 Å². The van der Waals surface area contributed by atoms with Crippen molar-refractivity contribution in [3.63, 3.8) is 0 Å². The zero-order valence-corrected chi connectivity index (χ0v) is 15.1. The number of hydrogen-bond donors (Lipinski definition) is 0. The largest absolute Gasteiger partial charge is 0.463 e. The second-order valence-electron chi connectivity index (χ2n) is 5.89. The van der Waals surface area contributed by atoms with Crippen molar-refractivity contribution in [1.29, 1.82) is 0 Å². The molecule has 1 fully saturated rings. The number of ether oxygens (including phenoxy) is 3. The summed E-state index contributed by atoms with van der Waals surface area (Å²) in [6, 6.07) is 5.67. The van der Waals surface area contributed by atoms with Gasteiger partial charge in [0.1, 0.15) is 11.9 Å². The molecule has 0 aromatic heterocycles. The molecule has 0 N–H and O–H groups in total. The van der Waals surface area contributed by atoms with Gasteiger partial charge in [-0.15, -0.1) is 11.6 Å². The van der Waals surface area contributed by atoms with Crippen molar-refractivity contribution in [3.05, 3.63) is 35.6 Å². The molecule has 0 aliphatic heterocycles.